The lowest BCUT2D eigenvalue weighted by atomic mass is 10.2. The number of likely N-dealkylation sites (N-methyl/N-ethyl adjacent to an activating group) is 1. The van der Waals surface area contributed by atoms with Crippen molar-refractivity contribution >= 4 is 17.5 Å². The molecule has 90 valence electrons. The molecule has 4 nitrogen and oxygen atoms in total. The lowest BCUT2D eigenvalue weighted by Crippen LogP contribution is -2.31. The second-order valence-electron chi connectivity index (χ2n) is 3.42. The smallest absolute Gasteiger partial charge is 0.260 e. The van der Waals surface area contributed by atoms with Crippen molar-refractivity contribution in [2.45, 2.75) is 6.92 Å². The van der Waals surface area contributed by atoms with Crippen LogP contribution < -0.4 is 4.74 Å². The molecule has 17 heavy (non-hydrogen) atoms. The Morgan fingerprint density at radius 1 is 1.59 bits per heavy atom. The fourth-order valence-corrected chi connectivity index (χ4v) is 1.37. The van der Waals surface area contributed by atoms with Gasteiger partial charge in [0.2, 0.25) is 0 Å². The van der Waals surface area contributed by atoms with Crippen molar-refractivity contribution in [3.05, 3.63) is 28.8 Å². The third kappa shape index (κ3) is 3.36. The number of ether oxygens (including phenoxy) is 1. The van der Waals surface area contributed by atoms with Crippen LogP contribution in [0.25, 0.3) is 0 Å². The molecule has 0 bridgehead atoms. The summed E-state index contributed by atoms with van der Waals surface area (Å²) in [5, 5.41) is 9.23. The molecule has 0 N–H and O–H groups in total. The van der Waals surface area contributed by atoms with Crippen molar-refractivity contribution in [3.8, 4) is 11.8 Å². The molecule has 0 unspecified atom stereocenters. The summed E-state index contributed by atoms with van der Waals surface area (Å²) in [6, 6.07) is 6.84. The molecular formula is C12H13ClN2O2. The van der Waals surface area contributed by atoms with Crippen molar-refractivity contribution in [3.63, 3.8) is 0 Å². The van der Waals surface area contributed by atoms with Crippen LogP contribution in [-0.4, -0.2) is 31.0 Å². The molecule has 0 fully saturated rings. The lowest BCUT2D eigenvalue weighted by Gasteiger charge is -2.15. The molecule has 0 aliphatic heterocycles. The van der Waals surface area contributed by atoms with E-state index in [9.17, 15) is 4.79 Å². The molecule has 0 heterocycles. The normalized spacial score (nSPS) is 9.53. The van der Waals surface area contributed by atoms with E-state index in [1.54, 1.807) is 25.2 Å². The van der Waals surface area contributed by atoms with Crippen LogP contribution in [-0.2, 0) is 4.79 Å². The summed E-state index contributed by atoms with van der Waals surface area (Å²) in [4.78, 5) is 13.1. The highest BCUT2D eigenvalue weighted by Gasteiger charge is 2.11. The zero-order valence-corrected chi connectivity index (χ0v) is 10.5. The summed E-state index contributed by atoms with van der Waals surface area (Å²) in [5.74, 6) is 0.189. The highest BCUT2D eigenvalue weighted by atomic mass is 35.5. The summed E-state index contributed by atoms with van der Waals surface area (Å²) in [5.41, 5.74) is 0.251. The van der Waals surface area contributed by atoms with E-state index in [0.717, 1.165) is 0 Å². The molecule has 1 aromatic rings. The minimum atomic E-state index is -0.142. The Morgan fingerprint density at radius 3 is 2.88 bits per heavy atom. The standard InChI is InChI=1S/C12H13ClN2O2/c1-3-15(2)12(16)8-17-11-6-4-5-10(13)9(11)7-14/h4-6H,3,8H2,1-2H3. The number of carbonyl (C=O) groups excluding carboxylic acids is 1. The largest absolute Gasteiger partial charge is 0.482 e. The lowest BCUT2D eigenvalue weighted by molar-refractivity contribution is -0.131. The van der Waals surface area contributed by atoms with Crippen LogP contribution in [0.2, 0.25) is 5.02 Å². The molecule has 0 atom stereocenters. The van der Waals surface area contributed by atoms with Gasteiger partial charge in [-0.25, -0.2) is 0 Å². The van der Waals surface area contributed by atoms with E-state index >= 15 is 0 Å². The predicted molar refractivity (Wildman–Crippen MR) is 65.0 cm³/mol. The van der Waals surface area contributed by atoms with Crippen molar-refractivity contribution < 1.29 is 9.53 Å². The summed E-state index contributed by atoms with van der Waals surface area (Å²) in [6.45, 7) is 2.39. The van der Waals surface area contributed by atoms with Gasteiger partial charge in [-0.15, -0.1) is 0 Å². The molecule has 0 aliphatic carbocycles. The maximum atomic E-state index is 11.5. The number of carbonyl (C=O) groups is 1. The average Bonchev–Trinajstić information content (AvgIpc) is 2.34. The second kappa shape index (κ2) is 6.12. The topological polar surface area (TPSA) is 53.3 Å². The van der Waals surface area contributed by atoms with Crippen LogP contribution in [0.4, 0.5) is 0 Å². The number of hydrogen-bond donors (Lipinski definition) is 0. The monoisotopic (exact) mass is 252 g/mol. The number of rotatable bonds is 4. The third-order valence-electron chi connectivity index (χ3n) is 2.34. The Hall–Kier alpha value is -1.73. The number of nitriles is 1. The van der Waals surface area contributed by atoms with Gasteiger partial charge in [0.05, 0.1) is 5.02 Å². The summed E-state index contributed by atoms with van der Waals surface area (Å²) < 4.78 is 5.30. The Morgan fingerprint density at radius 2 is 2.29 bits per heavy atom. The fourth-order valence-electron chi connectivity index (χ4n) is 1.16. The molecule has 0 saturated carbocycles. The van der Waals surface area contributed by atoms with Gasteiger partial charge in [0.1, 0.15) is 17.4 Å². The maximum Gasteiger partial charge on any atom is 0.260 e. The van der Waals surface area contributed by atoms with E-state index in [0.29, 0.717) is 17.3 Å². The Bertz CT molecular complexity index is 454. The van der Waals surface area contributed by atoms with E-state index in [4.69, 9.17) is 21.6 Å². The fraction of sp³-hybridized carbons (Fsp3) is 0.333. The van der Waals surface area contributed by atoms with Crippen LogP contribution in [0.15, 0.2) is 18.2 Å². The number of hydrogen-bond acceptors (Lipinski definition) is 3. The molecule has 1 amide bonds. The number of benzene rings is 1. The van der Waals surface area contributed by atoms with Gasteiger partial charge in [0.25, 0.3) is 5.91 Å². The molecular weight excluding hydrogens is 240 g/mol. The first-order chi connectivity index (χ1) is 8.10. The van der Waals surface area contributed by atoms with Crippen LogP contribution >= 0.6 is 11.6 Å². The van der Waals surface area contributed by atoms with Gasteiger partial charge in [-0.1, -0.05) is 17.7 Å². The van der Waals surface area contributed by atoms with Gasteiger partial charge < -0.3 is 9.64 Å². The highest BCUT2D eigenvalue weighted by Crippen LogP contribution is 2.25. The predicted octanol–water partition coefficient (Wildman–Crippen LogP) is 2.07. The zero-order chi connectivity index (χ0) is 12.8. The number of nitrogens with zero attached hydrogens (tertiary/aromatic N) is 2. The number of amides is 1. The first-order valence-corrected chi connectivity index (χ1v) is 5.53. The third-order valence-corrected chi connectivity index (χ3v) is 2.65. The Balaban J connectivity index is 2.74. The zero-order valence-electron chi connectivity index (χ0n) is 9.74. The van der Waals surface area contributed by atoms with E-state index in [1.165, 1.54) is 4.90 Å². The second-order valence-corrected chi connectivity index (χ2v) is 3.83. The quantitative estimate of drug-likeness (QED) is 0.824. The van der Waals surface area contributed by atoms with Crippen LogP contribution in [0.5, 0.6) is 5.75 Å². The van der Waals surface area contributed by atoms with E-state index in [1.807, 2.05) is 13.0 Å². The molecule has 1 rings (SSSR count). The van der Waals surface area contributed by atoms with Gasteiger partial charge in [-0.2, -0.15) is 5.26 Å². The average molecular weight is 253 g/mol. The molecule has 0 saturated heterocycles. The van der Waals surface area contributed by atoms with E-state index in [-0.39, 0.29) is 18.1 Å². The van der Waals surface area contributed by atoms with Crippen LogP contribution in [0, 0.1) is 11.3 Å². The van der Waals surface area contributed by atoms with Crippen molar-refractivity contribution in [1.82, 2.24) is 4.90 Å². The number of halogens is 1. The van der Waals surface area contributed by atoms with Crippen molar-refractivity contribution in [2.75, 3.05) is 20.2 Å². The summed E-state index contributed by atoms with van der Waals surface area (Å²) in [7, 11) is 1.69. The molecule has 1 aromatic carbocycles. The molecule has 0 aromatic heterocycles. The minimum absolute atomic E-state index is 0.0979. The van der Waals surface area contributed by atoms with E-state index in [2.05, 4.69) is 0 Å². The molecule has 0 spiro atoms. The van der Waals surface area contributed by atoms with Crippen LogP contribution in [0.3, 0.4) is 0 Å². The molecule has 0 aliphatic rings. The molecule has 0 radical (unpaired) electrons. The summed E-state index contributed by atoms with van der Waals surface area (Å²) >= 11 is 5.84. The Labute approximate surface area is 105 Å². The SMILES string of the molecule is CCN(C)C(=O)COc1cccc(Cl)c1C#N. The van der Waals surface area contributed by atoms with Gasteiger partial charge >= 0.3 is 0 Å². The van der Waals surface area contributed by atoms with Gasteiger partial charge in [0.15, 0.2) is 6.61 Å². The van der Waals surface area contributed by atoms with Gasteiger partial charge in [0, 0.05) is 13.6 Å². The summed E-state index contributed by atoms with van der Waals surface area (Å²) in [6.07, 6.45) is 0. The highest BCUT2D eigenvalue weighted by molar-refractivity contribution is 6.31. The molecule has 5 heteroatoms. The first kappa shape index (κ1) is 13.3. The van der Waals surface area contributed by atoms with Crippen molar-refractivity contribution in [2.24, 2.45) is 0 Å². The van der Waals surface area contributed by atoms with Crippen molar-refractivity contribution in [1.29, 1.82) is 5.26 Å². The van der Waals surface area contributed by atoms with Gasteiger partial charge in [-0.05, 0) is 19.1 Å². The first-order valence-electron chi connectivity index (χ1n) is 5.15. The van der Waals surface area contributed by atoms with Crippen LogP contribution in [0.1, 0.15) is 12.5 Å². The maximum absolute atomic E-state index is 11.5. The Kier molecular flexibility index (Phi) is 4.80. The van der Waals surface area contributed by atoms with Gasteiger partial charge in [-0.3, -0.25) is 4.79 Å². The van der Waals surface area contributed by atoms with E-state index < -0.39 is 0 Å². The minimum Gasteiger partial charge on any atom is -0.482 e.